The summed E-state index contributed by atoms with van der Waals surface area (Å²) < 4.78 is 5.24. The molecule has 1 N–H and O–H groups in total. The van der Waals surface area contributed by atoms with Crippen molar-refractivity contribution in [1.82, 2.24) is 4.90 Å². The Morgan fingerprint density at radius 3 is 2.77 bits per heavy atom. The molecular weight excluding hydrogens is 304 g/mol. The first kappa shape index (κ1) is 14.7. The molecule has 0 bridgehead atoms. The van der Waals surface area contributed by atoms with Gasteiger partial charge in [-0.3, -0.25) is 9.59 Å². The monoisotopic (exact) mass is 318 g/mol. The van der Waals surface area contributed by atoms with Gasteiger partial charge in [0.05, 0.1) is 18.7 Å². The molecule has 0 radical (unpaired) electrons. The normalized spacial score (nSPS) is 17.8. The van der Waals surface area contributed by atoms with Gasteiger partial charge in [-0.05, 0) is 36.4 Å². The first-order valence-corrected chi connectivity index (χ1v) is 7.36. The number of nitrogens with zero attached hydrogens (tertiary/aromatic N) is 1. The van der Waals surface area contributed by atoms with Gasteiger partial charge in [0, 0.05) is 23.7 Å². The molecule has 2 aromatic rings. The lowest BCUT2D eigenvalue weighted by Crippen LogP contribution is -2.27. The van der Waals surface area contributed by atoms with Crippen molar-refractivity contribution in [3.05, 3.63) is 53.4 Å². The fourth-order valence-electron chi connectivity index (χ4n) is 2.47. The predicted molar refractivity (Wildman–Crippen MR) is 82.3 cm³/mol. The molecule has 114 valence electrons. The average Bonchev–Trinajstić information content (AvgIpc) is 3.13. The Morgan fingerprint density at radius 2 is 2.09 bits per heavy atom. The van der Waals surface area contributed by atoms with Crippen molar-refractivity contribution in [2.24, 2.45) is 5.92 Å². The zero-order valence-electron chi connectivity index (χ0n) is 11.8. The molecule has 2 amide bonds. The third kappa shape index (κ3) is 3.31. The Bertz CT molecular complexity index is 667. The number of rotatable bonds is 4. The van der Waals surface area contributed by atoms with Crippen LogP contribution in [0.2, 0.25) is 5.02 Å². The van der Waals surface area contributed by atoms with Gasteiger partial charge in [0.1, 0.15) is 5.76 Å². The Kier molecular flexibility index (Phi) is 4.15. The zero-order chi connectivity index (χ0) is 15.5. The molecule has 1 atom stereocenters. The minimum absolute atomic E-state index is 0.0346. The number of carbonyl (C=O) groups is 2. The van der Waals surface area contributed by atoms with Crippen molar-refractivity contribution in [1.29, 1.82) is 0 Å². The maximum absolute atomic E-state index is 12.2. The second kappa shape index (κ2) is 6.23. The first-order chi connectivity index (χ1) is 10.6. The SMILES string of the molecule is O=C(Nc1ccc(Cl)cc1)[C@@H]1CC(=O)N(Cc2ccco2)C1. The fraction of sp³-hybridized carbons (Fsp3) is 0.250. The van der Waals surface area contributed by atoms with Crippen molar-refractivity contribution >= 4 is 29.1 Å². The summed E-state index contributed by atoms with van der Waals surface area (Å²) in [6.07, 6.45) is 1.79. The van der Waals surface area contributed by atoms with Crippen LogP contribution in [0.5, 0.6) is 0 Å². The van der Waals surface area contributed by atoms with Crippen molar-refractivity contribution in [2.45, 2.75) is 13.0 Å². The molecule has 6 heteroatoms. The molecular formula is C16H15ClN2O3. The number of anilines is 1. The number of likely N-dealkylation sites (tertiary alicyclic amines) is 1. The third-order valence-corrected chi connectivity index (χ3v) is 3.88. The van der Waals surface area contributed by atoms with E-state index in [4.69, 9.17) is 16.0 Å². The topological polar surface area (TPSA) is 62.6 Å². The quantitative estimate of drug-likeness (QED) is 0.942. The molecule has 1 aromatic heterocycles. The lowest BCUT2D eigenvalue weighted by molar-refractivity contribution is -0.128. The summed E-state index contributed by atoms with van der Waals surface area (Å²) in [6, 6.07) is 10.5. The minimum atomic E-state index is -0.349. The summed E-state index contributed by atoms with van der Waals surface area (Å²) >= 11 is 5.81. The molecule has 1 aliphatic rings. The minimum Gasteiger partial charge on any atom is -0.467 e. The number of nitrogens with one attached hydrogen (secondary N) is 1. The third-order valence-electron chi connectivity index (χ3n) is 3.62. The fourth-order valence-corrected chi connectivity index (χ4v) is 2.59. The van der Waals surface area contributed by atoms with E-state index in [0.717, 1.165) is 0 Å². The highest BCUT2D eigenvalue weighted by molar-refractivity contribution is 6.30. The van der Waals surface area contributed by atoms with Crippen LogP contribution in [0, 0.1) is 5.92 Å². The van der Waals surface area contributed by atoms with Gasteiger partial charge in [0.25, 0.3) is 0 Å². The van der Waals surface area contributed by atoms with Gasteiger partial charge in [-0.15, -0.1) is 0 Å². The summed E-state index contributed by atoms with van der Waals surface area (Å²) in [4.78, 5) is 25.9. The number of amides is 2. The van der Waals surface area contributed by atoms with Gasteiger partial charge in [-0.1, -0.05) is 11.6 Å². The molecule has 1 saturated heterocycles. The first-order valence-electron chi connectivity index (χ1n) is 6.98. The summed E-state index contributed by atoms with van der Waals surface area (Å²) in [6.45, 7) is 0.801. The van der Waals surface area contributed by atoms with Crippen LogP contribution in [0.25, 0.3) is 0 Å². The van der Waals surface area contributed by atoms with Crippen LogP contribution in [0.3, 0.4) is 0 Å². The van der Waals surface area contributed by atoms with Crippen LogP contribution >= 0.6 is 11.6 Å². The van der Waals surface area contributed by atoms with Crippen LogP contribution in [0.4, 0.5) is 5.69 Å². The van der Waals surface area contributed by atoms with E-state index in [9.17, 15) is 9.59 Å². The molecule has 1 aliphatic heterocycles. The van der Waals surface area contributed by atoms with Crippen molar-refractivity contribution < 1.29 is 14.0 Å². The average molecular weight is 319 g/mol. The number of carbonyl (C=O) groups excluding carboxylic acids is 2. The molecule has 0 spiro atoms. The van der Waals surface area contributed by atoms with Gasteiger partial charge in [0.2, 0.25) is 11.8 Å². The second-order valence-corrected chi connectivity index (χ2v) is 5.69. The molecule has 0 aliphatic carbocycles. The van der Waals surface area contributed by atoms with Crippen molar-refractivity contribution in [3.8, 4) is 0 Å². The van der Waals surface area contributed by atoms with E-state index in [1.807, 2.05) is 6.07 Å². The number of hydrogen-bond acceptors (Lipinski definition) is 3. The maximum Gasteiger partial charge on any atom is 0.229 e. The van der Waals surface area contributed by atoms with E-state index >= 15 is 0 Å². The number of halogens is 1. The van der Waals surface area contributed by atoms with E-state index in [2.05, 4.69) is 5.32 Å². The summed E-state index contributed by atoms with van der Waals surface area (Å²) in [5, 5.41) is 3.42. The lowest BCUT2D eigenvalue weighted by Gasteiger charge is -2.15. The zero-order valence-corrected chi connectivity index (χ0v) is 12.5. The maximum atomic E-state index is 12.2. The number of furan rings is 1. The Morgan fingerprint density at radius 1 is 1.32 bits per heavy atom. The summed E-state index contributed by atoms with van der Waals surface area (Å²) in [7, 11) is 0. The molecule has 1 fully saturated rings. The van der Waals surface area contributed by atoms with E-state index < -0.39 is 0 Å². The van der Waals surface area contributed by atoms with Crippen LogP contribution in [0.15, 0.2) is 47.1 Å². The molecule has 1 aromatic carbocycles. The highest BCUT2D eigenvalue weighted by atomic mass is 35.5. The van der Waals surface area contributed by atoms with Gasteiger partial charge in [0.15, 0.2) is 0 Å². The second-order valence-electron chi connectivity index (χ2n) is 5.25. The van der Waals surface area contributed by atoms with E-state index in [0.29, 0.717) is 29.6 Å². The lowest BCUT2D eigenvalue weighted by atomic mass is 10.1. The highest BCUT2D eigenvalue weighted by Gasteiger charge is 2.34. The molecule has 5 nitrogen and oxygen atoms in total. The Balaban J connectivity index is 1.60. The van der Waals surface area contributed by atoms with Crippen LogP contribution in [-0.4, -0.2) is 23.3 Å². The van der Waals surface area contributed by atoms with E-state index in [-0.39, 0.29) is 24.2 Å². The van der Waals surface area contributed by atoms with Crippen LogP contribution < -0.4 is 5.32 Å². The van der Waals surface area contributed by atoms with Crippen molar-refractivity contribution in [2.75, 3.05) is 11.9 Å². The highest BCUT2D eigenvalue weighted by Crippen LogP contribution is 2.22. The predicted octanol–water partition coefficient (Wildman–Crippen LogP) is 2.92. The molecule has 22 heavy (non-hydrogen) atoms. The van der Waals surface area contributed by atoms with Crippen LogP contribution in [0.1, 0.15) is 12.2 Å². The standard InChI is InChI=1S/C16H15ClN2O3/c17-12-3-5-13(6-4-12)18-16(21)11-8-15(20)19(9-11)10-14-2-1-7-22-14/h1-7,11H,8-10H2,(H,18,21)/t11-/m1/s1. The van der Waals surface area contributed by atoms with E-state index in [1.165, 1.54) is 0 Å². The summed E-state index contributed by atoms with van der Waals surface area (Å²) in [5.41, 5.74) is 0.673. The Labute approximate surface area is 132 Å². The molecule has 3 rings (SSSR count). The van der Waals surface area contributed by atoms with Gasteiger partial charge < -0.3 is 14.6 Å². The van der Waals surface area contributed by atoms with E-state index in [1.54, 1.807) is 41.5 Å². The molecule has 2 heterocycles. The number of benzene rings is 1. The van der Waals surface area contributed by atoms with Gasteiger partial charge in [-0.25, -0.2) is 0 Å². The largest absolute Gasteiger partial charge is 0.467 e. The summed E-state index contributed by atoms with van der Waals surface area (Å²) in [5.74, 6) is 0.176. The molecule has 0 unspecified atom stereocenters. The van der Waals surface area contributed by atoms with Gasteiger partial charge in [-0.2, -0.15) is 0 Å². The number of hydrogen-bond donors (Lipinski definition) is 1. The van der Waals surface area contributed by atoms with Crippen LogP contribution in [-0.2, 0) is 16.1 Å². The smallest absolute Gasteiger partial charge is 0.229 e. The molecule has 0 saturated carbocycles. The van der Waals surface area contributed by atoms with Crippen molar-refractivity contribution in [3.63, 3.8) is 0 Å². The van der Waals surface area contributed by atoms with Gasteiger partial charge >= 0.3 is 0 Å². The Hall–Kier alpha value is -2.27.